The van der Waals surface area contributed by atoms with Crippen LogP contribution in [0.15, 0.2) is 24.3 Å². The summed E-state index contributed by atoms with van der Waals surface area (Å²) in [6.45, 7) is 5.56. The zero-order valence-corrected chi connectivity index (χ0v) is 11.5. The van der Waals surface area contributed by atoms with Crippen LogP contribution in [0.5, 0.6) is 0 Å². The molecular formula is C14H22OSi. The average molecular weight is 234 g/mol. The van der Waals surface area contributed by atoms with Crippen molar-refractivity contribution >= 4 is 8.32 Å². The summed E-state index contributed by atoms with van der Waals surface area (Å²) in [4.78, 5) is 0. The quantitative estimate of drug-likeness (QED) is 0.720. The number of aryl methyl sites for hydroxylation is 2. The van der Waals surface area contributed by atoms with Crippen molar-refractivity contribution < 1.29 is 4.43 Å². The highest BCUT2D eigenvalue weighted by Crippen LogP contribution is 2.26. The van der Waals surface area contributed by atoms with E-state index in [4.69, 9.17) is 4.43 Å². The molecular weight excluding hydrogens is 212 g/mol. The molecule has 88 valence electrons. The molecule has 16 heavy (non-hydrogen) atoms. The van der Waals surface area contributed by atoms with E-state index < -0.39 is 8.32 Å². The second-order valence-electron chi connectivity index (χ2n) is 5.24. The van der Waals surface area contributed by atoms with Gasteiger partial charge in [0, 0.05) is 6.61 Å². The monoisotopic (exact) mass is 234 g/mol. The third-order valence-corrected chi connectivity index (χ3v) is 7.23. The van der Waals surface area contributed by atoms with Crippen molar-refractivity contribution in [2.24, 2.45) is 0 Å². The van der Waals surface area contributed by atoms with Gasteiger partial charge in [-0.3, -0.25) is 0 Å². The van der Waals surface area contributed by atoms with Gasteiger partial charge in [0.05, 0.1) is 0 Å². The van der Waals surface area contributed by atoms with Crippen molar-refractivity contribution in [2.45, 2.75) is 44.8 Å². The van der Waals surface area contributed by atoms with Gasteiger partial charge >= 0.3 is 0 Å². The molecule has 1 aliphatic rings. The average Bonchev–Trinajstić information content (AvgIpc) is 2.29. The van der Waals surface area contributed by atoms with Crippen LogP contribution in [0.3, 0.4) is 0 Å². The van der Waals surface area contributed by atoms with Crippen LogP contribution in [0.2, 0.25) is 18.6 Å². The van der Waals surface area contributed by atoms with E-state index in [0.29, 0.717) is 0 Å². The summed E-state index contributed by atoms with van der Waals surface area (Å²) in [6, 6.07) is 11.6. The van der Waals surface area contributed by atoms with E-state index in [1.54, 1.807) is 0 Å². The molecule has 0 radical (unpaired) electrons. The summed E-state index contributed by atoms with van der Waals surface area (Å²) < 4.78 is 6.05. The molecule has 0 amide bonds. The lowest BCUT2D eigenvalue weighted by Crippen LogP contribution is -2.38. The minimum atomic E-state index is -1.33. The Hall–Kier alpha value is -0.603. The molecule has 0 bridgehead atoms. The van der Waals surface area contributed by atoms with Crippen LogP contribution in [0, 0.1) is 6.92 Å². The van der Waals surface area contributed by atoms with Gasteiger partial charge in [0.2, 0.25) is 0 Å². The van der Waals surface area contributed by atoms with Crippen molar-refractivity contribution in [3.05, 3.63) is 35.4 Å². The normalized spacial score (nSPS) is 25.6. The Morgan fingerprint density at radius 2 is 1.94 bits per heavy atom. The molecule has 0 N–H and O–H groups in total. The Kier molecular flexibility index (Phi) is 3.82. The second kappa shape index (κ2) is 5.15. The summed E-state index contributed by atoms with van der Waals surface area (Å²) in [7, 11) is -1.33. The molecule has 1 aliphatic heterocycles. The van der Waals surface area contributed by atoms with Gasteiger partial charge < -0.3 is 4.43 Å². The SMILES string of the molecule is Cc1ccc(CC[Si]2(C)CCCCO2)cc1. The topological polar surface area (TPSA) is 9.23 Å². The maximum atomic E-state index is 6.05. The number of hydrogen-bond donors (Lipinski definition) is 0. The first kappa shape index (κ1) is 11.9. The first-order chi connectivity index (χ1) is 7.68. The molecule has 1 atom stereocenters. The Morgan fingerprint density at radius 3 is 2.56 bits per heavy atom. The number of rotatable bonds is 3. The number of hydrogen-bond acceptors (Lipinski definition) is 1. The van der Waals surface area contributed by atoms with Crippen LogP contribution in [0.25, 0.3) is 0 Å². The Bertz CT molecular complexity index is 325. The van der Waals surface area contributed by atoms with Gasteiger partial charge in [-0.1, -0.05) is 36.2 Å². The van der Waals surface area contributed by atoms with Gasteiger partial charge in [0.15, 0.2) is 8.32 Å². The largest absolute Gasteiger partial charge is 0.417 e. The lowest BCUT2D eigenvalue weighted by atomic mass is 10.1. The molecule has 1 aromatic rings. The Morgan fingerprint density at radius 1 is 1.19 bits per heavy atom. The van der Waals surface area contributed by atoms with E-state index in [2.05, 4.69) is 37.7 Å². The molecule has 1 saturated heterocycles. The second-order valence-corrected chi connectivity index (χ2v) is 9.43. The van der Waals surface area contributed by atoms with Crippen LogP contribution >= 0.6 is 0 Å². The third kappa shape index (κ3) is 3.19. The van der Waals surface area contributed by atoms with E-state index in [1.807, 2.05) is 0 Å². The maximum Gasteiger partial charge on any atom is 0.190 e. The molecule has 0 spiro atoms. The van der Waals surface area contributed by atoms with E-state index in [-0.39, 0.29) is 0 Å². The van der Waals surface area contributed by atoms with Crippen molar-refractivity contribution in [3.8, 4) is 0 Å². The lowest BCUT2D eigenvalue weighted by Gasteiger charge is -2.31. The predicted octanol–water partition coefficient (Wildman–Crippen LogP) is 3.92. The van der Waals surface area contributed by atoms with Gasteiger partial charge in [-0.15, -0.1) is 0 Å². The molecule has 1 unspecified atom stereocenters. The summed E-state index contributed by atoms with van der Waals surface area (Å²) in [6.07, 6.45) is 3.85. The van der Waals surface area contributed by atoms with Crippen LogP contribution in [-0.4, -0.2) is 14.9 Å². The van der Waals surface area contributed by atoms with Crippen LogP contribution in [0.1, 0.15) is 24.0 Å². The van der Waals surface area contributed by atoms with E-state index in [9.17, 15) is 0 Å². The molecule has 1 fully saturated rings. The molecule has 1 heterocycles. The molecule has 1 aromatic carbocycles. The fourth-order valence-corrected chi connectivity index (χ4v) is 5.34. The molecule has 0 aromatic heterocycles. The molecule has 2 heteroatoms. The van der Waals surface area contributed by atoms with Gasteiger partial charge in [0.25, 0.3) is 0 Å². The highest BCUT2D eigenvalue weighted by Gasteiger charge is 2.30. The highest BCUT2D eigenvalue weighted by molar-refractivity contribution is 6.72. The van der Waals surface area contributed by atoms with E-state index >= 15 is 0 Å². The predicted molar refractivity (Wildman–Crippen MR) is 71.3 cm³/mol. The zero-order chi connectivity index (χ0) is 11.4. The standard InChI is InChI=1S/C14H22OSi/c1-13-5-7-14(8-6-13)9-12-16(2)11-4-3-10-15-16/h5-8H,3-4,9-12H2,1-2H3. The Balaban J connectivity index is 1.88. The van der Waals surface area contributed by atoms with Crippen molar-refractivity contribution in [1.82, 2.24) is 0 Å². The minimum absolute atomic E-state index is 1.01. The zero-order valence-electron chi connectivity index (χ0n) is 10.5. The fraction of sp³-hybridized carbons (Fsp3) is 0.571. The van der Waals surface area contributed by atoms with Crippen molar-refractivity contribution in [3.63, 3.8) is 0 Å². The number of benzene rings is 1. The summed E-state index contributed by atoms with van der Waals surface area (Å²) in [5.41, 5.74) is 2.81. The molecule has 0 saturated carbocycles. The van der Waals surface area contributed by atoms with Gasteiger partial charge in [-0.2, -0.15) is 0 Å². The van der Waals surface area contributed by atoms with Crippen molar-refractivity contribution in [1.29, 1.82) is 0 Å². The first-order valence-corrected chi connectivity index (χ1v) is 9.20. The van der Waals surface area contributed by atoms with Gasteiger partial charge in [-0.25, -0.2) is 0 Å². The highest BCUT2D eigenvalue weighted by atomic mass is 28.4. The van der Waals surface area contributed by atoms with Crippen LogP contribution < -0.4 is 0 Å². The van der Waals surface area contributed by atoms with Gasteiger partial charge in [0.1, 0.15) is 0 Å². The van der Waals surface area contributed by atoms with Crippen LogP contribution in [-0.2, 0) is 10.8 Å². The summed E-state index contributed by atoms with van der Waals surface area (Å²) in [5.74, 6) is 0. The first-order valence-electron chi connectivity index (χ1n) is 6.37. The van der Waals surface area contributed by atoms with Crippen molar-refractivity contribution in [2.75, 3.05) is 6.61 Å². The van der Waals surface area contributed by atoms with E-state index in [1.165, 1.54) is 42.5 Å². The van der Waals surface area contributed by atoms with Crippen LogP contribution in [0.4, 0.5) is 0 Å². The third-order valence-electron chi connectivity index (χ3n) is 3.61. The smallest absolute Gasteiger partial charge is 0.190 e. The maximum absolute atomic E-state index is 6.05. The minimum Gasteiger partial charge on any atom is -0.417 e. The van der Waals surface area contributed by atoms with Gasteiger partial charge in [-0.05, 0) is 44.0 Å². The molecule has 2 rings (SSSR count). The summed E-state index contributed by atoms with van der Waals surface area (Å²) >= 11 is 0. The lowest BCUT2D eigenvalue weighted by molar-refractivity contribution is 0.270. The summed E-state index contributed by atoms with van der Waals surface area (Å²) in [5, 5.41) is 0. The Labute approximate surface area is 100.0 Å². The fourth-order valence-electron chi connectivity index (χ4n) is 2.35. The molecule has 0 aliphatic carbocycles. The van der Waals surface area contributed by atoms with E-state index in [0.717, 1.165) is 6.61 Å². The molecule has 1 nitrogen and oxygen atoms in total.